The molecule has 23 heavy (non-hydrogen) atoms. The van der Waals surface area contributed by atoms with Crippen LogP contribution in [-0.2, 0) is 11.2 Å². The highest BCUT2D eigenvalue weighted by Crippen LogP contribution is 2.18. The van der Waals surface area contributed by atoms with Crippen LogP contribution in [0.15, 0.2) is 17.1 Å². The molecule has 0 saturated carbocycles. The molecule has 0 aromatic carbocycles. The van der Waals surface area contributed by atoms with E-state index in [1.54, 1.807) is 12.3 Å². The number of nitrogens with zero attached hydrogens (tertiary/aromatic N) is 2. The Hall–Kier alpha value is -1.62. The lowest BCUT2D eigenvalue weighted by atomic mass is 10.0. The maximum Gasteiger partial charge on any atom is 0.326 e. The van der Waals surface area contributed by atoms with Crippen LogP contribution in [0.5, 0.6) is 0 Å². The zero-order valence-electron chi connectivity index (χ0n) is 14.4. The van der Waals surface area contributed by atoms with Crippen LogP contribution in [0.4, 0.5) is 0 Å². The standard InChI is InChI=1S/C18H28N2O3/c1-13(2)10-16(18(22)23)20-12-15(14(3)11-17(20)21)6-9-19-7-4-5-8-19/h11-13,16H,4-10H2,1-3H3,(H,22,23). The summed E-state index contributed by atoms with van der Waals surface area (Å²) < 4.78 is 1.41. The summed E-state index contributed by atoms with van der Waals surface area (Å²) in [5, 5.41) is 9.49. The Kier molecular flexibility index (Phi) is 5.99. The Morgan fingerprint density at radius 1 is 1.30 bits per heavy atom. The third-order valence-corrected chi connectivity index (χ3v) is 4.61. The second kappa shape index (κ2) is 7.77. The molecule has 1 fully saturated rings. The molecule has 1 aromatic heterocycles. The number of carbonyl (C=O) groups is 1. The molecule has 0 spiro atoms. The fourth-order valence-corrected chi connectivity index (χ4v) is 3.26. The van der Waals surface area contributed by atoms with E-state index in [9.17, 15) is 14.7 Å². The molecule has 0 amide bonds. The third kappa shape index (κ3) is 4.67. The van der Waals surface area contributed by atoms with E-state index in [-0.39, 0.29) is 11.5 Å². The van der Waals surface area contributed by atoms with Crippen molar-refractivity contribution in [3.05, 3.63) is 33.7 Å². The number of aromatic nitrogens is 1. The average molecular weight is 320 g/mol. The lowest BCUT2D eigenvalue weighted by Gasteiger charge is -2.20. The highest BCUT2D eigenvalue weighted by Gasteiger charge is 2.22. The molecule has 1 aliphatic rings. The van der Waals surface area contributed by atoms with Gasteiger partial charge in [0.1, 0.15) is 6.04 Å². The molecule has 2 rings (SSSR count). The normalized spacial score (nSPS) is 16.9. The largest absolute Gasteiger partial charge is 0.480 e. The summed E-state index contributed by atoms with van der Waals surface area (Å²) in [6, 6.07) is 0.795. The number of aryl methyl sites for hydroxylation is 1. The molecule has 1 aromatic rings. The number of aliphatic carboxylic acids is 1. The van der Waals surface area contributed by atoms with Crippen molar-refractivity contribution < 1.29 is 9.90 Å². The number of hydrogen-bond donors (Lipinski definition) is 1. The fraction of sp³-hybridized carbons (Fsp3) is 0.667. The summed E-state index contributed by atoms with van der Waals surface area (Å²) in [5.41, 5.74) is 1.81. The Morgan fingerprint density at radius 2 is 1.96 bits per heavy atom. The molecule has 5 heteroatoms. The molecule has 1 atom stereocenters. The number of carboxylic acid groups (broad SMARTS) is 1. The summed E-state index contributed by atoms with van der Waals surface area (Å²) in [7, 11) is 0. The van der Waals surface area contributed by atoms with Crippen LogP contribution in [-0.4, -0.2) is 40.2 Å². The Balaban J connectivity index is 2.23. The number of carboxylic acids is 1. The molecule has 5 nitrogen and oxygen atoms in total. The Labute approximate surface area is 137 Å². The second-order valence-corrected chi connectivity index (χ2v) is 7.01. The van der Waals surface area contributed by atoms with Gasteiger partial charge in [-0.2, -0.15) is 0 Å². The molecule has 0 aliphatic carbocycles. The van der Waals surface area contributed by atoms with E-state index < -0.39 is 12.0 Å². The van der Waals surface area contributed by atoms with Gasteiger partial charge in [0, 0.05) is 18.8 Å². The molecule has 1 saturated heterocycles. The van der Waals surface area contributed by atoms with Gasteiger partial charge in [-0.3, -0.25) is 4.79 Å². The minimum Gasteiger partial charge on any atom is -0.480 e. The Morgan fingerprint density at radius 3 is 2.52 bits per heavy atom. The molecular weight excluding hydrogens is 292 g/mol. The van der Waals surface area contributed by atoms with Gasteiger partial charge >= 0.3 is 5.97 Å². The highest BCUT2D eigenvalue weighted by atomic mass is 16.4. The monoisotopic (exact) mass is 320 g/mol. The van der Waals surface area contributed by atoms with Crippen molar-refractivity contribution in [3.63, 3.8) is 0 Å². The topological polar surface area (TPSA) is 62.5 Å². The van der Waals surface area contributed by atoms with Gasteiger partial charge in [-0.25, -0.2) is 4.79 Å². The number of likely N-dealkylation sites (tertiary alicyclic amines) is 1. The summed E-state index contributed by atoms with van der Waals surface area (Å²) in [4.78, 5) is 26.3. The molecule has 1 N–H and O–H groups in total. The van der Waals surface area contributed by atoms with Crippen LogP contribution in [0.25, 0.3) is 0 Å². The summed E-state index contributed by atoms with van der Waals surface area (Å²) in [6.07, 6.45) is 5.61. The molecule has 0 radical (unpaired) electrons. The van der Waals surface area contributed by atoms with Crippen LogP contribution in [0.3, 0.4) is 0 Å². The summed E-state index contributed by atoms with van der Waals surface area (Å²) >= 11 is 0. The predicted octanol–water partition coefficient (Wildman–Crippen LogP) is 2.47. The fourth-order valence-electron chi connectivity index (χ4n) is 3.26. The minimum atomic E-state index is -0.935. The van der Waals surface area contributed by atoms with Gasteiger partial charge in [-0.1, -0.05) is 13.8 Å². The predicted molar refractivity (Wildman–Crippen MR) is 90.9 cm³/mol. The van der Waals surface area contributed by atoms with Crippen molar-refractivity contribution in [2.45, 2.75) is 52.5 Å². The first kappa shape index (κ1) is 17.7. The van der Waals surface area contributed by atoms with E-state index in [1.165, 1.54) is 17.4 Å². The molecular formula is C18H28N2O3. The van der Waals surface area contributed by atoms with Crippen LogP contribution in [0, 0.1) is 12.8 Å². The van der Waals surface area contributed by atoms with E-state index in [2.05, 4.69) is 4.90 Å². The van der Waals surface area contributed by atoms with Gasteiger partial charge < -0.3 is 14.6 Å². The molecule has 1 aliphatic heterocycles. The zero-order valence-corrected chi connectivity index (χ0v) is 14.4. The van der Waals surface area contributed by atoms with Crippen LogP contribution >= 0.6 is 0 Å². The molecule has 1 unspecified atom stereocenters. The van der Waals surface area contributed by atoms with Gasteiger partial charge in [-0.05, 0) is 62.7 Å². The van der Waals surface area contributed by atoms with E-state index in [4.69, 9.17) is 0 Å². The maximum absolute atomic E-state index is 12.3. The smallest absolute Gasteiger partial charge is 0.326 e. The van der Waals surface area contributed by atoms with Gasteiger partial charge in [0.2, 0.25) is 0 Å². The number of rotatable bonds is 7. The van der Waals surface area contributed by atoms with Gasteiger partial charge in [0.25, 0.3) is 5.56 Å². The summed E-state index contributed by atoms with van der Waals surface area (Å²) in [6.45, 7) is 9.14. The van der Waals surface area contributed by atoms with Crippen molar-refractivity contribution in [2.75, 3.05) is 19.6 Å². The van der Waals surface area contributed by atoms with Crippen molar-refractivity contribution in [3.8, 4) is 0 Å². The van der Waals surface area contributed by atoms with Crippen LogP contribution in [0.2, 0.25) is 0 Å². The number of pyridine rings is 1. The van der Waals surface area contributed by atoms with Crippen molar-refractivity contribution >= 4 is 5.97 Å². The Bertz CT molecular complexity index is 601. The zero-order chi connectivity index (χ0) is 17.0. The van der Waals surface area contributed by atoms with Gasteiger partial charge in [0.05, 0.1) is 0 Å². The number of hydrogen-bond acceptors (Lipinski definition) is 3. The van der Waals surface area contributed by atoms with Crippen LogP contribution < -0.4 is 5.56 Å². The van der Waals surface area contributed by atoms with E-state index >= 15 is 0 Å². The molecule has 0 bridgehead atoms. The van der Waals surface area contributed by atoms with E-state index in [0.29, 0.717) is 6.42 Å². The highest BCUT2D eigenvalue weighted by molar-refractivity contribution is 5.71. The van der Waals surface area contributed by atoms with E-state index in [1.807, 2.05) is 20.8 Å². The first-order valence-corrected chi connectivity index (χ1v) is 8.55. The summed E-state index contributed by atoms with van der Waals surface area (Å²) in [5.74, 6) is -0.715. The SMILES string of the molecule is Cc1cc(=O)n(C(CC(C)C)C(=O)O)cc1CCN1CCCC1. The maximum atomic E-state index is 12.3. The van der Waals surface area contributed by atoms with Gasteiger partial charge in [0.15, 0.2) is 0 Å². The molecule has 128 valence electrons. The van der Waals surface area contributed by atoms with Gasteiger partial charge in [-0.15, -0.1) is 0 Å². The first-order chi connectivity index (χ1) is 10.9. The van der Waals surface area contributed by atoms with E-state index in [0.717, 1.165) is 37.2 Å². The quantitative estimate of drug-likeness (QED) is 0.838. The molecule has 2 heterocycles. The van der Waals surface area contributed by atoms with Crippen molar-refractivity contribution in [1.82, 2.24) is 9.47 Å². The average Bonchev–Trinajstić information content (AvgIpc) is 2.97. The minimum absolute atomic E-state index is 0.220. The van der Waals surface area contributed by atoms with Crippen molar-refractivity contribution in [2.24, 2.45) is 5.92 Å². The lowest BCUT2D eigenvalue weighted by molar-refractivity contribution is -0.141. The van der Waals surface area contributed by atoms with Crippen molar-refractivity contribution in [1.29, 1.82) is 0 Å². The van der Waals surface area contributed by atoms with Crippen LogP contribution in [0.1, 0.15) is 50.3 Å². The first-order valence-electron chi connectivity index (χ1n) is 8.55. The second-order valence-electron chi connectivity index (χ2n) is 7.01. The lowest BCUT2D eigenvalue weighted by Crippen LogP contribution is -2.31. The third-order valence-electron chi connectivity index (χ3n) is 4.61.